The zero-order chi connectivity index (χ0) is 15.2. The second-order valence-corrected chi connectivity index (χ2v) is 5.55. The van der Waals surface area contributed by atoms with Crippen molar-refractivity contribution in [3.63, 3.8) is 0 Å². The molecule has 1 aromatic carbocycles. The van der Waals surface area contributed by atoms with Crippen LogP contribution in [0, 0.1) is 11.6 Å². The molecule has 0 saturated heterocycles. The summed E-state index contributed by atoms with van der Waals surface area (Å²) in [5.41, 5.74) is 5.42. The van der Waals surface area contributed by atoms with Crippen LogP contribution in [0.3, 0.4) is 0 Å². The van der Waals surface area contributed by atoms with Gasteiger partial charge in [0.15, 0.2) is 0 Å². The third kappa shape index (κ3) is 4.00. The van der Waals surface area contributed by atoms with Crippen LogP contribution in [-0.2, 0) is 11.3 Å². The normalized spacial score (nSPS) is 15.4. The number of benzene rings is 1. The number of rotatable bonds is 6. The predicted octanol–water partition coefficient (Wildman–Crippen LogP) is 2.97. The molecule has 1 fully saturated rings. The number of nitrogens with two attached hydrogens (primary N) is 1. The lowest BCUT2D eigenvalue weighted by atomic mass is 10.1. The summed E-state index contributed by atoms with van der Waals surface area (Å²) in [6.07, 6.45) is 4.87. The molecule has 1 saturated carbocycles. The average molecular weight is 296 g/mol. The molecule has 1 aliphatic carbocycles. The molecule has 116 valence electrons. The molecule has 1 aliphatic rings. The minimum atomic E-state index is -0.593. The van der Waals surface area contributed by atoms with E-state index in [2.05, 4.69) is 0 Å². The Kier molecular flexibility index (Phi) is 5.67. The number of nitrogens with zero attached hydrogens (tertiary/aromatic N) is 1. The topological polar surface area (TPSA) is 46.3 Å². The zero-order valence-corrected chi connectivity index (χ0v) is 12.2. The molecular formula is C16H22F2N2O. The number of hydrogen-bond acceptors (Lipinski definition) is 2. The molecule has 0 unspecified atom stereocenters. The summed E-state index contributed by atoms with van der Waals surface area (Å²) in [7, 11) is 0. The summed E-state index contributed by atoms with van der Waals surface area (Å²) < 4.78 is 27.6. The van der Waals surface area contributed by atoms with Crippen molar-refractivity contribution in [1.82, 2.24) is 4.90 Å². The van der Waals surface area contributed by atoms with Gasteiger partial charge in [0, 0.05) is 18.0 Å². The maximum atomic E-state index is 13.8. The molecule has 1 amide bonds. The molecule has 0 spiro atoms. The van der Waals surface area contributed by atoms with Crippen LogP contribution in [0.1, 0.15) is 44.1 Å². The van der Waals surface area contributed by atoms with Crippen LogP contribution in [0.2, 0.25) is 0 Å². The summed E-state index contributed by atoms with van der Waals surface area (Å²) in [5.74, 6) is -1.25. The maximum Gasteiger partial charge on any atom is 0.223 e. The fourth-order valence-electron chi connectivity index (χ4n) is 2.89. The van der Waals surface area contributed by atoms with Crippen molar-refractivity contribution in [3.8, 4) is 0 Å². The lowest BCUT2D eigenvalue weighted by molar-refractivity contribution is -0.134. The molecule has 0 aliphatic heterocycles. The Balaban J connectivity index is 2.17. The van der Waals surface area contributed by atoms with Gasteiger partial charge in [-0.1, -0.05) is 18.9 Å². The summed E-state index contributed by atoms with van der Waals surface area (Å²) in [4.78, 5) is 14.0. The van der Waals surface area contributed by atoms with Gasteiger partial charge in [-0.2, -0.15) is 0 Å². The Morgan fingerprint density at radius 3 is 2.43 bits per heavy atom. The number of halogens is 2. The molecule has 2 N–H and O–H groups in total. The molecule has 0 atom stereocenters. The van der Waals surface area contributed by atoms with Crippen LogP contribution in [0.5, 0.6) is 0 Å². The van der Waals surface area contributed by atoms with E-state index >= 15 is 0 Å². The van der Waals surface area contributed by atoms with Crippen LogP contribution in [-0.4, -0.2) is 23.4 Å². The lowest BCUT2D eigenvalue weighted by Crippen LogP contribution is -2.38. The Morgan fingerprint density at radius 1 is 1.24 bits per heavy atom. The zero-order valence-electron chi connectivity index (χ0n) is 12.2. The van der Waals surface area contributed by atoms with Crippen molar-refractivity contribution in [3.05, 3.63) is 35.4 Å². The molecule has 0 aromatic heterocycles. The molecule has 0 bridgehead atoms. The average Bonchev–Trinajstić information content (AvgIpc) is 2.98. The highest BCUT2D eigenvalue weighted by Crippen LogP contribution is 2.27. The van der Waals surface area contributed by atoms with Gasteiger partial charge in [-0.15, -0.1) is 0 Å². The lowest BCUT2D eigenvalue weighted by Gasteiger charge is -2.29. The first kappa shape index (κ1) is 15.9. The Morgan fingerprint density at radius 2 is 1.86 bits per heavy atom. The van der Waals surface area contributed by atoms with Gasteiger partial charge in [-0.3, -0.25) is 4.79 Å². The molecule has 21 heavy (non-hydrogen) atoms. The molecule has 3 nitrogen and oxygen atoms in total. The van der Waals surface area contributed by atoms with E-state index in [1.54, 1.807) is 4.90 Å². The minimum Gasteiger partial charge on any atom is -0.335 e. The van der Waals surface area contributed by atoms with Crippen molar-refractivity contribution in [2.75, 3.05) is 6.54 Å². The standard InChI is InChI=1S/C16H22F2N2O/c17-14-7-3-8-15(18)13(14)11-20(12-5-1-2-6-12)16(21)9-4-10-19/h3,7-8,12H,1-2,4-6,9-11,19H2. The molecule has 0 heterocycles. The first-order valence-corrected chi connectivity index (χ1v) is 7.56. The van der Waals surface area contributed by atoms with Crippen LogP contribution in [0.15, 0.2) is 18.2 Å². The van der Waals surface area contributed by atoms with E-state index in [-0.39, 0.29) is 24.1 Å². The minimum absolute atomic E-state index is 0.00653. The third-order valence-corrected chi connectivity index (χ3v) is 4.07. The molecule has 1 aromatic rings. The fourth-order valence-corrected chi connectivity index (χ4v) is 2.89. The van der Waals surface area contributed by atoms with Crippen molar-refractivity contribution in [2.24, 2.45) is 5.73 Å². The van der Waals surface area contributed by atoms with E-state index in [1.165, 1.54) is 18.2 Å². The van der Waals surface area contributed by atoms with E-state index in [1.807, 2.05) is 0 Å². The number of carbonyl (C=O) groups is 1. The third-order valence-electron chi connectivity index (χ3n) is 4.07. The number of carbonyl (C=O) groups excluding carboxylic acids is 1. The van der Waals surface area contributed by atoms with Gasteiger partial charge < -0.3 is 10.6 Å². The maximum absolute atomic E-state index is 13.8. The van der Waals surface area contributed by atoms with Crippen LogP contribution >= 0.6 is 0 Å². The van der Waals surface area contributed by atoms with E-state index in [9.17, 15) is 13.6 Å². The Bertz CT molecular complexity index is 467. The highest BCUT2D eigenvalue weighted by molar-refractivity contribution is 5.76. The van der Waals surface area contributed by atoms with Gasteiger partial charge in [-0.25, -0.2) is 8.78 Å². The Hall–Kier alpha value is -1.49. The van der Waals surface area contributed by atoms with Crippen LogP contribution < -0.4 is 5.73 Å². The molecule has 0 radical (unpaired) electrons. The van der Waals surface area contributed by atoms with Crippen LogP contribution in [0.4, 0.5) is 8.78 Å². The molecule has 2 rings (SSSR count). The van der Waals surface area contributed by atoms with Gasteiger partial charge in [0.25, 0.3) is 0 Å². The first-order chi connectivity index (χ1) is 10.1. The van der Waals surface area contributed by atoms with Crippen LogP contribution in [0.25, 0.3) is 0 Å². The van der Waals surface area contributed by atoms with E-state index in [0.29, 0.717) is 19.4 Å². The Labute approximate surface area is 124 Å². The van der Waals surface area contributed by atoms with Gasteiger partial charge in [0.2, 0.25) is 5.91 Å². The second-order valence-electron chi connectivity index (χ2n) is 5.55. The van der Waals surface area contributed by atoms with Crippen molar-refractivity contribution in [2.45, 2.75) is 51.1 Å². The monoisotopic (exact) mass is 296 g/mol. The van der Waals surface area contributed by atoms with Crippen molar-refractivity contribution >= 4 is 5.91 Å². The number of hydrogen-bond donors (Lipinski definition) is 1. The summed E-state index contributed by atoms with van der Waals surface area (Å²) in [5, 5.41) is 0. The second kappa shape index (κ2) is 7.50. The summed E-state index contributed by atoms with van der Waals surface area (Å²) >= 11 is 0. The highest BCUT2D eigenvalue weighted by atomic mass is 19.1. The van der Waals surface area contributed by atoms with E-state index < -0.39 is 11.6 Å². The summed E-state index contributed by atoms with van der Waals surface area (Å²) in [6, 6.07) is 3.89. The van der Waals surface area contributed by atoms with Gasteiger partial charge in [0.05, 0.1) is 6.54 Å². The van der Waals surface area contributed by atoms with Crippen molar-refractivity contribution < 1.29 is 13.6 Å². The van der Waals surface area contributed by atoms with Gasteiger partial charge >= 0.3 is 0 Å². The predicted molar refractivity (Wildman–Crippen MR) is 77.5 cm³/mol. The highest BCUT2D eigenvalue weighted by Gasteiger charge is 2.27. The largest absolute Gasteiger partial charge is 0.335 e. The van der Waals surface area contributed by atoms with Gasteiger partial charge in [0.1, 0.15) is 11.6 Å². The summed E-state index contributed by atoms with van der Waals surface area (Å²) in [6.45, 7) is 0.449. The van der Waals surface area contributed by atoms with E-state index in [0.717, 1.165) is 25.7 Å². The SMILES string of the molecule is NCCCC(=O)N(Cc1c(F)cccc1F)C1CCCC1. The first-order valence-electron chi connectivity index (χ1n) is 7.56. The van der Waals surface area contributed by atoms with Crippen molar-refractivity contribution in [1.29, 1.82) is 0 Å². The number of amides is 1. The van der Waals surface area contributed by atoms with E-state index in [4.69, 9.17) is 5.73 Å². The molecular weight excluding hydrogens is 274 g/mol. The smallest absolute Gasteiger partial charge is 0.223 e. The van der Waals surface area contributed by atoms with Gasteiger partial charge in [-0.05, 0) is 37.9 Å². The molecule has 5 heteroatoms. The quantitative estimate of drug-likeness (QED) is 0.877. The fraction of sp³-hybridized carbons (Fsp3) is 0.562.